The van der Waals surface area contributed by atoms with Crippen molar-refractivity contribution in [3.63, 3.8) is 0 Å². The van der Waals surface area contributed by atoms with Crippen molar-refractivity contribution in [1.29, 1.82) is 0 Å². The summed E-state index contributed by atoms with van der Waals surface area (Å²) in [6, 6.07) is 0. The standard InChI is InChI=1S/C13H25NSi/c1-8-14(9-2)13(12(3)4)10-11-15(5,6)7/h8-9H2,1-7H3. The molecule has 0 saturated carbocycles. The van der Waals surface area contributed by atoms with Crippen LogP contribution in [0.3, 0.4) is 0 Å². The van der Waals surface area contributed by atoms with E-state index in [9.17, 15) is 0 Å². The fourth-order valence-electron chi connectivity index (χ4n) is 1.31. The van der Waals surface area contributed by atoms with Crippen molar-refractivity contribution in [3.8, 4) is 11.5 Å². The molecule has 0 heterocycles. The highest BCUT2D eigenvalue weighted by Crippen LogP contribution is 2.09. The summed E-state index contributed by atoms with van der Waals surface area (Å²) in [6.07, 6.45) is 0. The summed E-state index contributed by atoms with van der Waals surface area (Å²) in [5.74, 6) is 3.38. The van der Waals surface area contributed by atoms with Crippen molar-refractivity contribution in [1.82, 2.24) is 4.90 Å². The van der Waals surface area contributed by atoms with E-state index < -0.39 is 8.07 Å². The predicted molar refractivity (Wildman–Crippen MR) is 72.4 cm³/mol. The van der Waals surface area contributed by atoms with Crippen molar-refractivity contribution < 1.29 is 0 Å². The van der Waals surface area contributed by atoms with Crippen molar-refractivity contribution in [2.45, 2.75) is 47.3 Å². The maximum Gasteiger partial charge on any atom is 0.129 e. The summed E-state index contributed by atoms with van der Waals surface area (Å²) in [7, 11) is -1.26. The normalized spacial score (nSPS) is 10.3. The Kier molecular flexibility index (Phi) is 5.75. The van der Waals surface area contributed by atoms with E-state index in [-0.39, 0.29) is 0 Å². The molecule has 0 radical (unpaired) electrons. The van der Waals surface area contributed by atoms with E-state index in [0.717, 1.165) is 13.1 Å². The van der Waals surface area contributed by atoms with Crippen molar-refractivity contribution in [3.05, 3.63) is 11.3 Å². The van der Waals surface area contributed by atoms with Gasteiger partial charge in [0.1, 0.15) is 8.07 Å². The average Bonchev–Trinajstić information content (AvgIpc) is 2.09. The molecule has 0 aromatic rings. The van der Waals surface area contributed by atoms with Crippen LogP contribution in [0.2, 0.25) is 19.6 Å². The summed E-state index contributed by atoms with van der Waals surface area (Å²) in [5.41, 5.74) is 5.99. The number of hydrogen-bond donors (Lipinski definition) is 0. The van der Waals surface area contributed by atoms with Gasteiger partial charge in [-0.15, -0.1) is 5.54 Å². The Hall–Kier alpha value is -0.683. The van der Waals surface area contributed by atoms with Crippen LogP contribution in [0.15, 0.2) is 11.3 Å². The molecule has 0 aromatic heterocycles. The van der Waals surface area contributed by atoms with Gasteiger partial charge in [0, 0.05) is 13.1 Å². The highest BCUT2D eigenvalue weighted by atomic mass is 28.3. The minimum Gasteiger partial charge on any atom is -0.365 e. The van der Waals surface area contributed by atoms with Gasteiger partial charge in [-0.25, -0.2) is 0 Å². The third kappa shape index (κ3) is 5.69. The van der Waals surface area contributed by atoms with Crippen LogP contribution < -0.4 is 0 Å². The minimum absolute atomic E-state index is 1.04. The Labute approximate surface area is 96.6 Å². The van der Waals surface area contributed by atoms with Crippen molar-refractivity contribution in [2.75, 3.05) is 13.1 Å². The third-order valence-electron chi connectivity index (χ3n) is 2.11. The molecule has 0 aliphatic carbocycles. The maximum atomic E-state index is 3.44. The smallest absolute Gasteiger partial charge is 0.129 e. The fourth-order valence-corrected chi connectivity index (χ4v) is 1.80. The Morgan fingerprint density at radius 3 is 1.80 bits per heavy atom. The summed E-state index contributed by atoms with van der Waals surface area (Å²) < 4.78 is 0. The van der Waals surface area contributed by atoms with Gasteiger partial charge in [-0.1, -0.05) is 25.6 Å². The molecule has 15 heavy (non-hydrogen) atoms. The van der Waals surface area contributed by atoms with E-state index >= 15 is 0 Å². The lowest BCUT2D eigenvalue weighted by molar-refractivity contribution is 0.394. The lowest BCUT2D eigenvalue weighted by Gasteiger charge is -2.22. The molecular weight excluding hydrogens is 198 g/mol. The quantitative estimate of drug-likeness (QED) is 0.523. The van der Waals surface area contributed by atoms with E-state index in [1.165, 1.54) is 11.3 Å². The molecule has 0 saturated heterocycles. The maximum absolute atomic E-state index is 3.44. The molecule has 0 fully saturated rings. The van der Waals surface area contributed by atoms with Crippen LogP contribution in [0.4, 0.5) is 0 Å². The Morgan fingerprint density at radius 2 is 1.53 bits per heavy atom. The SMILES string of the molecule is CCN(CC)C(C#C[Si](C)(C)C)=C(C)C. The van der Waals surface area contributed by atoms with Gasteiger partial charge in [-0.2, -0.15) is 0 Å². The molecule has 86 valence electrons. The molecule has 0 rings (SSSR count). The lowest BCUT2D eigenvalue weighted by atomic mass is 10.2. The van der Waals surface area contributed by atoms with Crippen LogP contribution in [0.5, 0.6) is 0 Å². The molecular formula is C13H25NSi. The van der Waals surface area contributed by atoms with E-state index in [1.54, 1.807) is 0 Å². The molecule has 2 heteroatoms. The first-order chi connectivity index (χ1) is 6.81. The Morgan fingerprint density at radius 1 is 1.07 bits per heavy atom. The highest BCUT2D eigenvalue weighted by Gasteiger charge is 2.09. The van der Waals surface area contributed by atoms with E-state index in [0.29, 0.717) is 0 Å². The van der Waals surface area contributed by atoms with Crippen LogP contribution >= 0.6 is 0 Å². The number of allylic oxidation sites excluding steroid dienone is 2. The van der Waals surface area contributed by atoms with Crippen LogP contribution in [0.25, 0.3) is 0 Å². The predicted octanol–water partition coefficient (Wildman–Crippen LogP) is 3.50. The zero-order valence-corrected chi connectivity index (χ0v) is 12.4. The topological polar surface area (TPSA) is 3.24 Å². The second-order valence-corrected chi connectivity index (χ2v) is 9.77. The zero-order chi connectivity index (χ0) is 12.1. The molecule has 0 bridgehead atoms. The zero-order valence-electron chi connectivity index (χ0n) is 11.4. The second-order valence-electron chi connectivity index (χ2n) is 5.02. The molecule has 0 aliphatic heterocycles. The highest BCUT2D eigenvalue weighted by molar-refractivity contribution is 6.83. The summed E-state index contributed by atoms with van der Waals surface area (Å²) >= 11 is 0. The van der Waals surface area contributed by atoms with Gasteiger partial charge in [0.05, 0.1) is 5.70 Å². The van der Waals surface area contributed by atoms with Crippen LogP contribution in [0, 0.1) is 11.5 Å². The number of hydrogen-bond acceptors (Lipinski definition) is 1. The van der Waals surface area contributed by atoms with E-state index in [4.69, 9.17) is 0 Å². The number of rotatable bonds is 3. The summed E-state index contributed by atoms with van der Waals surface area (Å²) in [6.45, 7) is 17.6. The molecule has 0 atom stereocenters. The molecule has 0 aromatic carbocycles. The van der Waals surface area contributed by atoms with Gasteiger partial charge in [0.15, 0.2) is 0 Å². The van der Waals surface area contributed by atoms with E-state index in [2.05, 4.69) is 63.7 Å². The van der Waals surface area contributed by atoms with Gasteiger partial charge < -0.3 is 4.90 Å². The van der Waals surface area contributed by atoms with Gasteiger partial charge in [-0.05, 0) is 33.3 Å². The Balaban J connectivity index is 5.01. The van der Waals surface area contributed by atoms with Gasteiger partial charge >= 0.3 is 0 Å². The lowest BCUT2D eigenvalue weighted by Crippen LogP contribution is -2.23. The monoisotopic (exact) mass is 223 g/mol. The summed E-state index contributed by atoms with van der Waals surface area (Å²) in [5, 5.41) is 0. The first-order valence-corrected chi connectivity index (χ1v) is 9.27. The van der Waals surface area contributed by atoms with Crippen LogP contribution in [0.1, 0.15) is 27.7 Å². The second kappa shape index (κ2) is 6.02. The van der Waals surface area contributed by atoms with Gasteiger partial charge in [0.2, 0.25) is 0 Å². The van der Waals surface area contributed by atoms with Crippen molar-refractivity contribution in [2.24, 2.45) is 0 Å². The molecule has 0 aliphatic rings. The largest absolute Gasteiger partial charge is 0.365 e. The fraction of sp³-hybridized carbons (Fsp3) is 0.692. The summed E-state index contributed by atoms with van der Waals surface area (Å²) in [4.78, 5) is 2.34. The average molecular weight is 223 g/mol. The van der Waals surface area contributed by atoms with Crippen molar-refractivity contribution >= 4 is 8.07 Å². The van der Waals surface area contributed by atoms with Crippen LogP contribution in [-0.2, 0) is 0 Å². The third-order valence-corrected chi connectivity index (χ3v) is 2.98. The Bertz CT molecular complexity index is 278. The van der Waals surface area contributed by atoms with Gasteiger partial charge in [-0.3, -0.25) is 0 Å². The molecule has 0 N–H and O–H groups in total. The van der Waals surface area contributed by atoms with E-state index in [1.807, 2.05) is 0 Å². The van der Waals surface area contributed by atoms with Gasteiger partial charge in [0.25, 0.3) is 0 Å². The first kappa shape index (κ1) is 14.3. The molecule has 0 spiro atoms. The molecule has 0 unspecified atom stereocenters. The number of nitrogens with zero attached hydrogens (tertiary/aromatic N) is 1. The molecule has 1 nitrogen and oxygen atoms in total. The molecule has 0 amide bonds. The first-order valence-electron chi connectivity index (χ1n) is 5.77. The van der Waals surface area contributed by atoms with Crippen LogP contribution in [-0.4, -0.2) is 26.1 Å². The minimum atomic E-state index is -1.26.